The summed E-state index contributed by atoms with van der Waals surface area (Å²) >= 11 is 0. The van der Waals surface area contributed by atoms with Crippen LogP contribution in [0.2, 0.25) is 0 Å². The number of fused-ring (bicyclic) bond motifs is 2. The van der Waals surface area contributed by atoms with Crippen molar-refractivity contribution in [1.82, 2.24) is 29.5 Å². The fourth-order valence-corrected chi connectivity index (χ4v) is 2.23. The van der Waals surface area contributed by atoms with Crippen LogP contribution in [-0.4, -0.2) is 40.6 Å². The van der Waals surface area contributed by atoms with Gasteiger partial charge in [-0.2, -0.15) is 5.10 Å². The molecule has 8 nitrogen and oxygen atoms in total. The van der Waals surface area contributed by atoms with Gasteiger partial charge in [-0.25, -0.2) is 19.3 Å². The maximum absolute atomic E-state index is 11.2. The predicted octanol–water partition coefficient (Wildman–Crippen LogP) is 1.37. The van der Waals surface area contributed by atoms with Crippen molar-refractivity contribution in [3.63, 3.8) is 0 Å². The maximum Gasteiger partial charge on any atom is 0.338 e. The summed E-state index contributed by atoms with van der Waals surface area (Å²) in [6, 6.07) is 1.43. The number of hydrogen-bond donors (Lipinski definition) is 2. The molecule has 0 aromatic carbocycles. The number of carbonyl (C=O) groups is 1. The minimum atomic E-state index is -1.03. The van der Waals surface area contributed by atoms with Gasteiger partial charge in [0.2, 0.25) is 0 Å². The van der Waals surface area contributed by atoms with Gasteiger partial charge in [-0.05, 0) is 6.07 Å². The van der Waals surface area contributed by atoms with Crippen molar-refractivity contribution in [3.05, 3.63) is 42.6 Å². The largest absolute Gasteiger partial charge is 0.478 e. The Morgan fingerprint density at radius 2 is 2.19 bits per heavy atom. The van der Waals surface area contributed by atoms with Gasteiger partial charge in [0.25, 0.3) is 0 Å². The van der Waals surface area contributed by atoms with Gasteiger partial charge in [0, 0.05) is 18.6 Å². The Morgan fingerprint density at radius 1 is 1.29 bits per heavy atom. The molecule has 4 aromatic heterocycles. The van der Waals surface area contributed by atoms with Gasteiger partial charge in [-0.3, -0.25) is 4.98 Å². The number of hydrogen-bond acceptors (Lipinski definition) is 5. The lowest BCUT2D eigenvalue weighted by molar-refractivity contribution is 0.0698. The number of carboxylic acid groups (broad SMARTS) is 1. The van der Waals surface area contributed by atoms with E-state index in [1.54, 1.807) is 29.3 Å². The molecule has 8 heteroatoms. The third-order valence-corrected chi connectivity index (χ3v) is 3.20. The molecule has 0 atom stereocenters. The lowest BCUT2D eigenvalue weighted by Gasteiger charge is -1.94. The third-order valence-electron chi connectivity index (χ3n) is 3.20. The molecule has 0 fully saturated rings. The van der Waals surface area contributed by atoms with Gasteiger partial charge in [0.05, 0.1) is 34.6 Å². The highest BCUT2D eigenvalue weighted by Gasteiger charge is 2.16. The van der Waals surface area contributed by atoms with Crippen molar-refractivity contribution in [2.75, 3.05) is 0 Å². The molecule has 0 amide bonds. The van der Waals surface area contributed by atoms with E-state index in [-0.39, 0.29) is 5.56 Å². The van der Waals surface area contributed by atoms with Gasteiger partial charge in [-0.1, -0.05) is 0 Å². The number of rotatable bonds is 2. The Balaban J connectivity index is 1.99. The van der Waals surface area contributed by atoms with Crippen LogP contribution in [-0.2, 0) is 0 Å². The smallest absolute Gasteiger partial charge is 0.338 e. The number of pyridine rings is 1. The molecule has 102 valence electrons. The second-order valence-corrected chi connectivity index (χ2v) is 4.41. The number of aromatic nitrogens is 6. The Hall–Kier alpha value is -3.29. The molecule has 0 aliphatic heterocycles. The van der Waals surface area contributed by atoms with Crippen LogP contribution in [0.5, 0.6) is 0 Å². The van der Waals surface area contributed by atoms with Gasteiger partial charge in [-0.15, -0.1) is 0 Å². The van der Waals surface area contributed by atoms with Gasteiger partial charge in [0.15, 0.2) is 5.65 Å². The van der Waals surface area contributed by atoms with Crippen molar-refractivity contribution < 1.29 is 9.90 Å². The molecule has 0 saturated heterocycles. The van der Waals surface area contributed by atoms with Crippen LogP contribution in [0.4, 0.5) is 0 Å². The van der Waals surface area contributed by atoms with Crippen molar-refractivity contribution in [1.29, 1.82) is 0 Å². The molecule has 0 bridgehead atoms. The van der Waals surface area contributed by atoms with E-state index < -0.39 is 5.97 Å². The summed E-state index contributed by atoms with van der Waals surface area (Å²) in [5.41, 5.74) is 2.38. The van der Waals surface area contributed by atoms with E-state index in [4.69, 9.17) is 0 Å². The van der Waals surface area contributed by atoms with Crippen molar-refractivity contribution in [2.24, 2.45) is 0 Å². The van der Waals surface area contributed by atoms with Gasteiger partial charge < -0.3 is 10.1 Å². The number of nitrogens with zero attached hydrogens (tertiary/aromatic N) is 5. The molecule has 2 N–H and O–H groups in total. The highest BCUT2D eigenvalue weighted by molar-refractivity contribution is 6.00. The van der Waals surface area contributed by atoms with E-state index in [9.17, 15) is 9.90 Å². The Labute approximate surface area is 117 Å². The van der Waals surface area contributed by atoms with E-state index in [2.05, 4.69) is 25.0 Å². The Morgan fingerprint density at radius 3 is 3.05 bits per heavy atom. The summed E-state index contributed by atoms with van der Waals surface area (Å²) in [5, 5.41) is 13.4. The Kier molecular flexibility index (Phi) is 2.25. The molecule has 0 spiro atoms. The molecule has 0 aliphatic rings. The van der Waals surface area contributed by atoms with E-state index in [0.29, 0.717) is 17.0 Å². The number of aromatic amines is 1. The topological polar surface area (TPSA) is 109 Å². The summed E-state index contributed by atoms with van der Waals surface area (Å²) in [4.78, 5) is 26.7. The first-order valence-corrected chi connectivity index (χ1v) is 6.10. The molecular weight excluding hydrogens is 272 g/mol. The summed E-state index contributed by atoms with van der Waals surface area (Å²) in [5.74, 6) is -0.520. The van der Waals surface area contributed by atoms with E-state index in [1.807, 2.05) is 0 Å². The van der Waals surface area contributed by atoms with E-state index in [1.165, 1.54) is 12.3 Å². The molecule has 4 heterocycles. The fourth-order valence-electron chi connectivity index (χ4n) is 2.23. The summed E-state index contributed by atoms with van der Waals surface area (Å²) in [6.07, 6.45) is 8.10. The standard InChI is InChI=1S/C13H8N6O2/c20-13(21)7-1-2-15-12-10(7)17-11(18-12)8-5-16-19-4-3-14-6-9(8)19/h1-6H,(H,20,21)(H,15,17,18). The maximum atomic E-state index is 11.2. The molecule has 21 heavy (non-hydrogen) atoms. The van der Waals surface area contributed by atoms with Gasteiger partial charge in [0.1, 0.15) is 5.82 Å². The Bertz CT molecular complexity index is 987. The molecular formula is C13H8N6O2. The normalized spacial score (nSPS) is 11.2. The summed E-state index contributed by atoms with van der Waals surface area (Å²) in [6.45, 7) is 0. The zero-order valence-corrected chi connectivity index (χ0v) is 10.6. The SMILES string of the molecule is O=C(O)c1ccnc2nc(-c3cnn4ccncc34)[nH]c12. The average molecular weight is 280 g/mol. The molecule has 0 unspecified atom stereocenters. The molecule has 4 rings (SSSR count). The minimum absolute atomic E-state index is 0.133. The van der Waals surface area contributed by atoms with Crippen LogP contribution in [0.1, 0.15) is 10.4 Å². The average Bonchev–Trinajstić information content (AvgIpc) is 3.09. The fraction of sp³-hybridized carbons (Fsp3) is 0. The lowest BCUT2D eigenvalue weighted by Crippen LogP contribution is -1.97. The summed E-state index contributed by atoms with van der Waals surface area (Å²) in [7, 11) is 0. The van der Waals surface area contributed by atoms with Crippen LogP contribution >= 0.6 is 0 Å². The molecule has 4 aromatic rings. The third kappa shape index (κ3) is 1.66. The van der Waals surface area contributed by atoms with Crippen LogP contribution in [0.3, 0.4) is 0 Å². The highest BCUT2D eigenvalue weighted by atomic mass is 16.4. The zero-order valence-electron chi connectivity index (χ0n) is 10.6. The van der Waals surface area contributed by atoms with Crippen LogP contribution in [0.25, 0.3) is 28.1 Å². The van der Waals surface area contributed by atoms with Crippen LogP contribution in [0.15, 0.2) is 37.1 Å². The second kappa shape index (κ2) is 4.10. The highest BCUT2D eigenvalue weighted by Crippen LogP contribution is 2.24. The van der Waals surface area contributed by atoms with Crippen LogP contribution in [0, 0.1) is 0 Å². The van der Waals surface area contributed by atoms with Crippen LogP contribution < -0.4 is 0 Å². The first-order valence-electron chi connectivity index (χ1n) is 6.10. The second-order valence-electron chi connectivity index (χ2n) is 4.41. The monoisotopic (exact) mass is 280 g/mol. The lowest BCUT2D eigenvalue weighted by atomic mass is 10.2. The summed E-state index contributed by atoms with van der Waals surface area (Å²) < 4.78 is 1.67. The molecule has 0 aliphatic carbocycles. The molecule has 0 radical (unpaired) electrons. The minimum Gasteiger partial charge on any atom is -0.478 e. The first-order chi connectivity index (χ1) is 10.2. The number of carboxylic acids is 1. The first kappa shape index (κ1) is 11.5. The van der Waals surface area contributed by atoms with E-state index in [0.717, 1.165) is 11.1 Å². The zero-order chi connectivity index (χ0) is 14.4. The number of imidazole rings is 1. The van der Waals surface area contributed by atoms with Crippen molar-refractivity contribution in [3.8, 4) is 11.4 Å². The number of nitrogens with one attached hydrogen (secondary N) is 1. The number of H-pyrrole nitrogens is 1. The van der Waals surface area contributed by atoms with Crippen molar-refractivity contribution >= 4 is 22.6 Å². The van der Waals surface area contributed by atoms with E-state index >= 15 is 0 Å². The quantitative estimate of drug-likeness (QED) is 0.574. The molecule has 0 saturated carbocycles. The van der Waals surface area contributed by atoms with Crippen molar-refractivity contribution in [2.45, 2.75) is 0 Å². The van der Waals surface area contributed by atoms with Gasteiger partial charge >= 0.3 is 5.97 Å². The predicted molar refractivity (Wildman–Crippen MR) is 72.8 cm³/mol. The number of aromatic carboxylic acids is 1.